The maximum absolute atomic E-state index is 10.1. The topological polar surface area (TPSA) is 40.5 Å². The van der Waals surface area contributed by atoms with Crippen molar-refractivity contribution < 1.29 is 15.2 Å². The number of quaternary nitrogens is 1. The van der Waals surface area contributed by atoms with Gasteiger partial charge in [-0.2, -0.15) is 10.4 Å². The zero-order valence-electron chi connectivity index (χ0n) is 9.93. The summed E-state index contributed by atoms with van der Waals surface area (Å²) in [5.74, 6) is 0. The van der Waals surface area contributed by atoms with Gasteiger partial charge in [0.05, 0.1) is 0 Å². The quantitative estimate of drug-likeness (QED) is 0.456. The van der Waals surface area contributed by atoms with E-state index in [1.54, 1.807) is 13.0 Å². The van der Waals surface area contributed by atoms with Crippen molar-refractivity contribution in [1.29, 1.82) is 0 Å². The van der Waals surface area contributed by atoms with E-state index in [0.29, 0.717) is 6.42 Å². The molecule has 1 atom stereocenters. The lowest BCUT2D eigenvalue weighted by molar-refractivity contribution is -1.28. The molecule has 3 heteroatoms. The summed E-state index contributed by atoms with van der Waals surface area (Å²) in [5, 5.41) is 20.2. The van der Waals surface area contributed by atoms with Crippen molar-refractivity contribution in [3.05, 3.63) is 48.6 Å². The second kappa shape index (κ2) is 4.78. The van der Waals surface area contributed by atoms with Crippen molar-refractivity contribution in [3.8, 4) is 0 Å². The van der Waals surface area contributed by atoms with Gasteiger partial charge in [-0.25, -0.2) is 0 Å². The largest absolute Gasteiger partial charge is 0.204 e. The Labute approximate surface area is 96.8 Å². The van der Waals surface area contributed by atoms with Crippen LogP contribution in [0.4, 0.5) is 0 Å². The molecular weight excluding hydrogens is 202 g/mol. The monoisotopic (exact) mass is 222 g/mol. The van der Waals surface area contributed by atoms with Crippen LogP contribution in [0.5, 0.6) is 0 Å². The van der Waals surface area contributed by atoms with Crippen LogP contribution >= 0.6 is 0 Å². The number of rotatable bonds is 5. The van der Waals surface area contributed by atoms with Crippen LogP contribution in [-0.2, 0) is 5.54 Å². The first-order valence-corrected chi connectivity index (χ1v) is 5.57. The van der Waals surface area contributed by atoms with Crippen LogP contribution in [0.25, 0.3) is 0 Å². The number of nitrogens with zero attached hydrogens (tertiary/aromatic N) is 1. The Hall–Kier alpha value is -1.16. The number of hydrogen-bond donors (Lipinski definition) is 2. The summed E-state index contributed by atoms with van der Waals surface area (Å²) in [6.45, 7) is 7.62. The van der Waals surface area contributed by atoms with Gasteiger partial charge in [-0.05, 0) is 17.8 Å². The van der Waals surface area contributed by atoms with Gasteiger partial charge >= 0.3 is 0 Å². The van der Waals surface area contributed by atoms with Crippen molar-refractivity contribution >= 4 is 0 Å². The number of likely N-dealkylation sites (N-methyl/N-ethyl adjacent to an activating group) is 1. The molecule has 0 bridgehead atoms. The molecule has 88 valence electrons. The van der Waals surface area contributed by atoms with Gasteiger partial charge < -0.3 is 0 Å². The third-order valence-electron chi connectivity index (χ3n) is 3.23. The standard InChI is InChI=1S/C13H20NO2/c1-4-13(5-2,14(15,16)6-3)12-10-8-7-9-11-12/h4,7-11,15-16H,1,5-6H2,2-3H3/q+1. The van der Waals surface area contributed by atoms with Gasteiger partial charge in [0.2, 0.25) is 5.54 Å². The molecular formula is C13H20NO2+. The van der Waals surface area contributed by atoms with Gasteiger partial charge in [-0.15, -0.1) is 0 Å². The van der Waals surface area contributed by atoms with Crippen LogP contribution < -0.4 is 0 Å². The van der Waals surface area contributed by atoms with Crippen LogP contribution in [0.2, 0.25) is 0 Å². The Morgan fingerprint density at radius 2 is 1.81 bits per heavy atom. The lowest BCUT2D eigenvalue weighted by atomic mass is 9.86. The Morgan fingerprint density at radius 1 is 1.25 bits per heavy atom. The van der Waals surface area contributed by atoms with Gasteiger partial charge in [0.1, 0.15) is 6.54 Å². The summed E-state index contributed by atoms with van der Waals surface area (Å²) in [6, 6.07) is 9.46. The van der Waals surface area contributed by atoms with E-state index in [2.05, 4.69) is 6.58 Å². The fourth-order valence-electron chi connectivity index (χ4n) is 2.08. The predicted octanol–water partition coefficient (Wildman–Crippen LogP) is 3.09. The van der Waals surface area contributed by atoms with Crippen LogP contribution in [0.15, 0.2) is 43.0 Å². The first-order chi connectivity index (χ1) is 7.54. The van der Waals surface area contributed by atoms with Gasteiger partial charge in [-0.3, -0.25) is 0 Å². The molecule has 0 radical (unpaired) electrons. The second-order valence-corrected chi connectivity index (χ2v) is 3.89. The Morgan fingerprint density at radius 3 is 2.19 bits per heavy atom. The van der Waals surface area contributed by atoms with E-state index in [9.17, 15) is 10.4 Å². The molecule has 3 nitrogen and oxygen atoms in total. The number of benzene rings is 1. The molecule has 1 aromatic rings. The average molecular weight is 222 g/mol. The van der Waals surface area contributed by atoms with E-state index in [4.69, 9.17) is 0 Å². The van der Waals surface area contributed by atoms with Gasteiger partial charge in [-0.1, -0.05) is 43.8 Å². The zero-order chi connectivity index (χ0) is 12.2. The molecule has 2 N–H and O–H groups in total. The molecule has 1 unspecified atom stereocenters. The smallest absolute Gasteiger partial charge is 0.181 e. The molecule has 0 heterocycles. The molecule has 0 aliphatic carbocycles. The maximum atomic E-state index is 10.1. The Kier molecular flexibility index (Phi) is 3.86. The summed E-state index contributed by atoms with van der Waals surface area (Å²) >= 11 is 0. The average Bonchev–Trinajstić information content (AvgIpc) is 2.32. The predicted molar refractivity (Wildman–Crippen MR) is 63.0 cm³/mol. The summed E-state index contributed by atoms with van der Waals surface area (Å²) in [6.07, 6.45) is 2.19. The minimum Gasteiger partial charge on any atom is -0.181 e. The lowest BCUT2D eigenvalue weighted by Crippen LogP contribution is -2.56. The molecule has 0 saturated carbocycles. The van der Waals surface area contributed by atoms with Crippen molar-refractivity contribution in [1.82, 2.24) is 0 Å². The van der Waals surface area contributed by atoms with Crippen molar-refractivity contribution in [2.24, 2.45) is 0 Å². The molecule has 0 fully saturated rings. The van der Waals surface area contributed by atoms with Gasteiger partial charge in [0.15, 0.2) is 0 Å². The van der Waals surface area contributed by atoms with Gasteiger partial charge in [0, 0.05) is 12.0 Å². The number of hydrogen-bond acceptors (Lipinski definition) is 2. The van der Waals surface area contributed by atoms with Crippen molar-refractivity contribution in [2.45, 2.75) is 25.8 Å². The molecule has 0 aromatic heterocycles. The molecule has 0 spiro atoms. The van der Waals surface area contributed by atoms with Crippen LogP contribution in [0.1, 0.15) is 25.8 Å². The lowest BCUT2D eigenvalue weighted by Gasteiger charge is -2.38. The summed E-state index contributed by atoms with van der Waals surface area (Å²) in [5.41, 5.74) is -0.00456. The molecule has 1 aromatic carbocycles. The third kappa shape index (κ3) is 1.89. The highest BCUT2D eigenvalue weighted by molar-refractivity contribution is 5.26. The normalized spacial score (nSPS) is 15.5. The van der Waals surface area contributed by atoms with Crippen molar-refractivity contribution in [2.75, 3.05) is 6.54 Å². The van der Waals surface area contributed by atoms with E-state index in [1.165, 1.54) is 0 Å². The molecule has 0 saturated heterocycles. The Balaban J connectivity index is 3.32. The fourth-order valence-corrected chi connectivity index (χ4v) is 2.08. The highest BCUT2D eigenvalue weighted by atomic mass is 16.8. The minimum atomic E-state index is -1.06. The number of hydroxylamine groups is 4. The summed E-state index contributed by atoms with van der Waals surface area (Å²) in [4.78, 5) is -1.06. The molecule has 1 rings (SSSR count). The van der Waals surface area contributed by atoms with Crippen LogP contribution in [0.3, 0.4) is 0 Å². The first kappa shape index (κ1) is 12.9. The maximum Gasteiger partial charge on any atom is 0.204 e. The van der Waals surface area contributed by atoms with Crippen molar-refractivity contribution in [3.63, 3.8) is 0 Å². The SMILES string of the molecule is C=CC(CC)(c1ccccc1)[N+](O)(O)CC. The summed E-state index contributed by atoms with van der Waals surface area (Å²) < 4.78 is 0. The minimum absolute atomic E-state index is 0.203. The zero-order valence-corrected chi connectivity index (χ0v) is 9.93. The van der Waals surface area contributed by atoms with E-state index in [-0.39, 0.29) is 6.54 Å². The molecule has 0 aliphatic heterocycles. The molecule has 0 aliphatic rings. The van der Waals surface area contributed by atoms with E-state index in [1.807, 2.05) is 37.3 Å². The van der Waals surface area contributed by atoms with E-state index in [0.717, 1.165) is 5.56 Å². The molecule has 16 heavy (non-hydrogen) atoms. The highest BCUT2D eigenvalue weighted by Crippen LogP contribution is 2.36. The van der Waals surface area contributed by atoms with E-state index >= 15 is 0 Å². The summed E-state index contributed by atoms with van der Waals surface area (Å²) in [7, 11) is 0. The van der Waals surface area contributed by atoms with E-state index < -0.39 is 10.3 Å². The van der Waals surface area contributed by atoms with Crippen LogP contribution in [-0.4, -0.2) is 21.8 Å². The Bertz CT molecular complexity index is 348. The fraction of sp³-hybridized carbons (Fsp3) is 0.385. The van der Waals surface area contributed by atoms with Gasteiger partial charge in [0.25, 0.3) is 0 Å². The highest BCUT2D eigenvalue weighted by Gasteiger charge is 2.48. The third-order valence-corrected chi connectivity index (χ3v) is 3.23. The second-order valence-electron chi connectivity index (χ2n) is 3.89. The first-order valence-electron chi connectivity index (χ1n) is 5.57. The molecule has 0 amide bonds. The van der Waals surface area contributed by atoms with Crippen LogP contribution in [0, 0.1) is 0 Å².